The number of nitrogens with one attached hydrogen (secondary N) is 2. The van der Waals surface area contributed by atoms with Crippen LogP contribution in [0.15, 0.2) is 48.5 Å². The summed E-state index contributed by atoms with van der Waals surface area (Å²) in [5.41, 5.74) is -0.182. The van der Waals surface area contributed by atoms with Gasteiger partial charge in [0.25, 0.3) is 0 Å². The van der Waals surface area contributed by atoms with Gasteiger partial charge in [-0.1, -0.05) is 40.9 Å². The van der Waals surface area contributed by atoms with Crippen molar-refractivity contribution in [3.05, 3.63) is 86.1 Å². The van der Waals surface area contributed by atoms with Crippen LogP contribution in [0.4, 0.5) is 4.39 Å². The van der Waals surface area contributed by atoms with E-state index in [9.17, 15) is 5.11 Å². The first-order chi connectivity index (χ1) is 19.6. The molecule has 3 aromatic rings. The van der Waals surface area contributed by atoms with Crippen molar-refractivity contribution in [2.24, 2.45) is 0 Å². The molecule has 0 amide bonds. The molecule has 0 aromatic heterocycles. The van der Waals surface area contributed by atoms with Gasteiger partial charge in [0, 0.05) is 17.0 Å². The van der Waals surface area contributed by atoms with Crippen molar-refractivity contribution < 1.29 is 28.4 Å². The average Bonchev–Trinajstić information content (AvgIpc) is 2.86. The minimum atomic E-state index is -1.28. The molecule has 0 aliphatic heterocycles. The molecule has 0 aliphatic carbocycles. The lowest BCUT2D eigenvalue weighted by molar-refractivity contribution is -0.237. The van der Waals surface area contributed by atoms with E-state index in [1.807, 2.05) is 19.9 Å². The lowest BCUT2D eigenvalue weighted by Gasteiger charge is -2.32. The summed E-state index contributed by atoms with van der Waals surface area (Å²) in [6.45, 7) is 7.07. The molecule has 0 saturated heterocycles. The maximum absolute atomic E-state index is 15.3. The van der Waals surface area contributed by atoms with Gasteiger partial charge in [-0.05, 0) is 70.2 Å². The lowest BCUT2D eigenvalue weighted by Crippen LogP contribution is -2.37. The summed E-state index contributed by atoms with van der Waals surface area (Å²) in [5.74, 6) is -2.70. The van der Waals surface area contributed by atoms with Crippen molar-refractivity contribution >= 4 is 46.6 Å². The number of ether oxygens (including phenoxy) is 4. The van der Waals surface area contributed by atoms with Gasteiger partial charge >= 0.3 is 0 Å². The Hall–Kier alpha value is -3.39. The molecule has 8 nitrogen and oxygen atoms in total. The zero-order chi connectivity index (χ0) is 31.2. The third kappa shape index (κ3) is 9.58. The fourth-order valence-electron chi connectivity index (χ4n) is 3.91. The fraction of sp³-hybridized carbons (Fsp3) is 0.300. The summed E-state index contributed by atoms with van der Waals surface area (Å²) >= 11 is 18.5. The Morgan fingerprint density at radius 3 is 2.33 bits per heavy atom. The van der Waals surface area contributed by atoms with E-state index in [4.69, 9.17) is 69.8 Å². The summed E-state index contributed by atoms with van der Waals surface area (Å²) in [4.78, 5) is 0. The van der Waals surface area contributed by atoms with Gasteiger partial charge in [0.1, 0.15) is 11.5 Å². The molecule has 0 fully saturated rings. The number of nitrogens with zero attached hydrogens (tertiary/aromatic N) is 1. The number of nitriles is 1. The maximum atomic E-state index is 15.3. The smallest absolute Gasteiger partial charge is 0.222 e. The highest BCUT2D eigenvalue weighted by Gasteiger charge is 2.27. The topological polar surface area (TPSA) is 129 Å². The van der Waals surface area contributed by atoms with E-state index in [1.54, 1.807) is 19.9 Å². The molecule has 0 saturated carbocycles. The third-order valence-corrected chi connectivity index (χ3v) is 6.44. The number of aliphatic hydroxyl groups is 1. The number of halogens is 4. The molecule has 0 radical (unpaired) electrons. The Kier molecular flexibility index (Phi) is 10.8. The summed E-state index contributed by atoms with van der Waals surface area (Å²) in [7, 11) is 0. The number of rotatable bonds is 11. The van der Waals surface area contributed by atoms with Crippen LogP contribution in [-0.4, -0.2) is 34.9 Å². The molecule has 3 rings (SSSR count). The minimum absolute atomic E-state index is 0.0288. The first-order valence-corrected chi connectivity index (χ1v) is 13.7. The first-order valence-electron chi connectivity index (χ1n) is 12.6. The maximum Gasteiger partial charge on any atom is 0.222 e. The van der Waals surface area contributed by atoms with Crippen molar-refractivity contribution in [1.82, 2.24) is 0 Å². The third-order valence-electron chi connectivity index (χ3n) is 5.61. The Labute approximate surface area is 258 Å². The molecule has 3 aromatic carbocycles. The molecule has 12 heteroatoms. The van der Waals surface area contributed by atoms with Crippen molar-refractivity contribution in [3.8, 4) is 23.3 Å². The molecule has 0 unspecified atom stereocenters. The predicted octanol–water partition coefficient (Wildman–Crippen LogP) is 8.30. The Morgan fingerprint density at radius 2 is 1.69 bits per heavy atom. The molecule has 0 heterocycles. The van der Waals surface area contributed by atoms with Gasteiger partial charge in [0.15, 0.2) is 23.3 Å². The number of hydrogen-bond donors (Lipinski definition) is 3. The zero-order valence-electron chi connectivity index (χ0n) is 23.3. The van der Waals surface area contributed by atoms with Crippen molar-refractivity contribution in [2.45, 2.75) is 51.9 Å². The van der Waals surface area contributed by atoms with Crippen LogP contribution in [0.25, 0.3) is 0 Å². The van der Waals surface area contributed by atoms with Crippen molar-refractivity contribution in [1.29, 1.82) is 16.1 Å². The second kappa shape index (κ2) is 13.7. The van der Waals surface area contributed by atoms with Gasteiger partial charge in [-0.15, -0.1) is 0 Å². The predicted molar refractivity (Wildman–Crippen MR) is 160 cm³/mol. The van der Waals surface area contributed by atoms with Gasteiger partial charge in [-0.2, -0.15) is 5.26 Å². The van der Waals surface area contributed by atoms with Crippen molar-refractivity contribution in [3.63, 3.8) is 0 Å². The highest BCUT2D eigenvalue weighted by molar-refractivity contribution is 6.34. The number of benzene rings is 3. The van der Waals surface area contributed by atoms with Gasteiger partial charge < -0.3 is 24.1 Å². The van der Waals surface area contributed by atoms with E-state index in [0.717, 1.165) is 0 Å². The summed E-state index contributed by atoms with van der Waals surface area (Å²) < 4.78 is 37.6. The highest BCUT2D eigenvalue weighted by atomic mass is 35.5. The van der Waals surface area contributed by atoms with Gasteiger partial charge in [-0.3, -0.25) is 10.8 Å². The van der Waals surface area contributed by atoms with E-state index < -0.39 is 29.0 Å². The van der Waals surface area contributed by atoms with Crippen LogP contribution < -0.4 is 9.47 Å². The molecule has 0 atom stereocenters. The van der Waals surface area contributed by atoms with Gasteiger partial charge in [0.2, 0.25) is 5.90 Å². The summed E-state index contributed by atoms with van der Waals surface area (Å²) in [6, 6.07) is 13.6. The van der Waals surface area contributed by atoms with Gasteiger partial charge in [0.05, 0.1) is 45.9 Å². The van der Waals surface area contributed by atoms with Crippen LogP contribution in [0.2, 0.25) is 15.1 Å². The molecule has 222 valence electrons. The summed E-state index contributed by atoms with van der Waals surface area (Å²) in [6.07, 6.45) is 0.169. The average molecular weight is 637 g/mol. The fourth-order valence-corrected chi connectivity index (χ4v) is 4.57. The molecule has 0 aliphatic rings. The van der Waals surface area contributed by atoms with Crippen LogP contribution in [0, 0.1) is 28.0 Å². The van der Waals surface area contributed by atoms with E-state index in [0.29, 0.717) is 12.2 Å². The molecular weight excluding hydrogens is 608 g/mol. The lowest BCUT2D eigenvalue weighted by atomic mass is 10.1. The quantitative estimate of drug-likeness (QED) is 0.110. The largest absolute Gasteiger partial charge is 0.493 e. The minimum Gasteiger partial charge on any atom is -0.493 e. The monoisotopic (exact) mass is 635 g/mol. The first kappa shape index (κ1) is 33.1. The van der Waals surface area contributed by atoms with E-state index in [2.05, 4.69) is 0 Å². The molecule has 0 spiro atoms. The Morgan fingerprint density at radius 1 is 0.976 bits per heavy atom. The number of hydrogen-bond acceptors (Lipinski definition) is 8. The standard InChI is InChI=1S/C30H29Cl3FN3O5/c1-29(2,42-30(3,4)38)9-10-39-20-6-7-22(24(33)15-20)28(37)41-25(36)13-18-5-8-23(32)27(26(18)34)40-21-12-17(16-35)11-19(31)14-21/h5-8,11-12,14-15,36-38H,9-10,13H2,1-4H3. The van der Waals surface area contributed by atoms with Crippen LogP contribution in [0.1, 0.15) is 50.8 Å². The molecule has 0 bridgehead atoms. The second-order valence-electron chi connectivity index (χ2n) is 10.3. The van der Waals surface area contributed by atoms with Crippen LogP contribution in [-0.2, 0) is 15.9 Å². The van der Waals surface area contributed by atoms with Gasteiger partial charge in [-0.25, -0.2) is 4.39 Å². The second-order valence-corrected chi connectivity index (χ2v) is 11.6. The van der Waals surface area contributed by atoms with E-state index in [1.165, 1.54) is 42.5 Å². The normalized spacial score (nSPS) is 11.5. The zero-order valence-corrected chi connectivity index (χ0v) is 25.5. The molecule has 42 heavy (non-hydrogen) atoms. The SMILES string of the molecule is CC(C)(O)OC(C)(C)CCOc1ccc(C(=N)OC(=N)Cc2ccc(Cl)c(Oc3cc(Cl)cc(C#N)c3)c2F)c(Cl)c1. The van der Waals surface area contributed by atoms with Crippen LogP contribution >= 0.6 is 34.8 Å². The highest BCUT2D eigenvalue weighted by Crippen LogP contribution is 2.35. The van der Waals surface area contributed by atoms with E-state index in [-0.39, 0.29) is 56.3 Å². The van der Waals surface area contributed by atoms with E-state index >= 15 is 4.39 Å². The Balaban J connectivity index is 1.63. The van der Waals surface area contributed by atoms with Crippen LogP contribution in [0.3, 0.4) is 0 Å². The van der Waals surface area contributed by atoms with Crippen molar-refractivity contribution in [2.75, 3.05) is 6.61 Å². The molecule has 3 N–H and O–H groups in total. The molecular formula is C30H29Cl3FN3O5. The summed E-state index contributed by atoms with van der Waals surface area (Å²) in [5, 5.41) is 35.8. The Bertz CT molecular complexity index is 1530. The van der Waals surface area contributed by atoms with Crippen LogP contribution in [0.5, 0.6) is 17.2 Å².